The van der Waals surface area contributed by atoms with E-state index in [9.17, 15) is 30.4 Å². The molecule has 46 heavy (non-hydrogen) atoms. The van der Waals surface area contributed by atoms with Crippen LogP contribution in [-0.2, 0) is 43.6 Å². The number of ether oxygens (including phenoxy) is 2. The monoisotopic (exact) mass is 676 g/mol. The minimum absolute atomic E-state index is 0.0831. The number of carbonyl (C=O) groups excluding carboxylic acids is 1. The topological polar surface area (TPSA) is 146 Å². The molecule has 13 nitrogen and oxygen atoms in total. The van der Waals surface area contributed by atoms with E-state index in [1.807, 2.05) is 0 Å². The van der Waals surface area contributed by atoms with Gasteiger partial charge in [0.1, 0.15) is 23.8 Å². The first-order chi connectivity index (χ1) is 21.8. The van der Waals surface area contributed by atoms with Crippen LogP contribution in [0.1, 0.15) is 23.0 Å². The molecule has 2 aromatic heterocycles. The summed E-state index contributed by atoms with van der Waals surface area (Å²) in [6.07, 6.45) is 2.19. The summed E-state index contributed by atoms with van der Waals surface area (Å²) in [7, 11) is -4.88. The van der Waals surface area contributed by atoms with Crippen LogP contribution in [0.3, 0.4) is 0 Å². The molecule has 4 atom stereocenters. The average Bonchev–Trinajstić information content (AvgIpc) is 3.82. The average molecular weight is 677 g/mol. The molecule has 6 rings (SSSR count). The predicted molar refractivity (Wildman–Crippen MR) is 157 cm³/mol. The number of halogens is 2. The number of sulfonamides is 2. The smallest absolute Gasteiger partial charge is 0.429 e. The molecule has 2 aliphatic rings. The van der Waals surface area contributed by atoms with Gasteiger partial charge in [0, 0.05) is 51.4 Å². The van der Waals surface area contributed by atoms with Gasteiger partial charge in [0.05, 0.1) is 25.7 Å². The van der Waals surface area contributed by atoms with Crippen molar-refractivity contribution in [3.05, 3.63) is 96.3 Å². The molecular weight excluding hydrogens is 646 g/mol. The molecule has 2 saturated heterocycles. The molecule has 17 heteroatoms. The van der Waals surface area contributed by atoms with Crippen LogP contribution in [-0.4, -0.2) is 89.1 Å². The maximum Gasteiger partial charge on any atom is 0.508 e. The minimum atomic E-state index is -4.07. The summed E-state index contributed by atoms with van der Waals surface area (Å²) in [5.74, 6) is -2.34. The second-order valence-electron chi connectivity index (χ2n) is 11.3. The Morgan fingerprint density at radius 1 is 0.674 bits per heavy atom. The fraction of sp³-hybridized carbons (Fsp3) is 0.345. The first kappa shape index (κ1) is 31.8. The Bertz CT molecular complexity index is 1810. The van der Waals surface area contributed by atoms with E-state index in [4.69, 9.17) is 9.47 Å². The van der Waals surface area contributed by atoms with Crippen molar-refractivity contribution < 1.29 is 39.9 Å². The fourth-order valence-corrected chi connectivity index (χ4v) is 8.64. The highest BCUT2D eigenvalue weighted by molar-refractivity contribution is 7.89. The highest BCUT2D eigenvalue weighted by Gasteiger charge is 2.46. The molecule has 2 fully saturated rings. The SMILES string of the molecule is Cn1cnc(S(=O)(=O)N2C[C@@H](OC(=O)O[C@@H]3CN(S(=O)(=O)c4cn(C)cn4)C[C@H]3c3ccc(F)cc3)[C@H](c3ccc(F)cc3)C2)c1. The number of aryl methyl sites for hydroxylation is 2. The van der Waals surface area contributed by atoms with E-state index in [1.54, 1.807) is 14.1 Å². The number of hydrogen-bond acceptors (Lipinski definition) is 9. The Morgan fingerprint density at radius 3 is 1.37 bits per heavy atom. The van der Waals surface area contributed by atoms with Crippen molar-refractivity contribution in [2.45, 2.75) is 34.1 Å². The second-order valence-corrected chi connectivity index (χ2v) is 15.0. The minimum Gasteiger partial charge on any atom is -0.429 e. The van der Waals surface area contributed by atoms with Crippen LogP contribution in [0.15, 0.2) is 83.6 Å². The van der Waals surface area contributed by atoms with Crippen LogP contribution < -0.4 is 0 Å². The van der Waals surface area contributed by atoms with Crippen LogP contribution >= 0.6 is 0 Å². The Labute approximate surface area is 264 Å². The summed E-state index contributed by atoms with van der Waals surface area (Å²) in [4.78, 5) is 21.3. The zero-order valence-electron chi connectivity index (χ0n) is 24.7. The molecule has 0 unspecified atom stereocenters. The Morgan fingerprint density at radius 2 is 1.04 bits per heavy atom. The van der Waals surface area contributed by atoms with Gasteiger partial charge in [-0.2, -0.15) is 8.61 Å². The van der Waals surface area contributed by atoms with E-state index in [2.05, 4.69) is 9.97 Å². The summed E-state index contributed by atoms with van der Waals surface area (Å²) >= 11 is 0. The number of aromatic nitrogens is 4. The van der Waals surface area contributed by atoms with Crippen LogP contribution in [0, 0.1) is 11.6 Å². The Kier molecular flexibility index (Phi) is 8.43. The normalized spacial score (nSPS) is 22.7. The number of benzene rings is 2. The summed E-state index contributed by atoms with van der Waals surface area (Å²) in [5.41, 5.74) is 1.08. The largest absolute Gasteiger partial charge is 0.508 e. The summed E-state index contributed by atoms with van der Waals surface area (Å²) < 4.78 is 97.7. The molecule has 0 N–H and O–H groups in total. The third kappa shape index (κ3) is 6.27. The lowest BCUT2D eigenvalue weighted by Gasteiger charge is -2.22. The number of nitrogens with zero attached hydrogens (tertiary/aromatic N) is 6. The lowest BCUT2D eigenvalue weighted by Crippen LogP contribution is -2.33. The van der Waals surface area contributed by atoms with E-state index in [0.717, 1.165) is 8.61 Å². The third-order valence-corrected chi connectivity index (χ3v) is 11.6. The van der Waals surface area contributed by atoms with E-state index in [0.29, 0.717) is 11.1 Å². The predicted octanol–water partition coefficient (Wildman–Crippen LogP) is 2.60. The number of rotatable bonds is 8. The van der Waals surface area contributed by atoms with Gasteiger partial charge in [0.25, 0.3) is 20.0 Å². The molecule has 4 heterocycles. The lowest BCUT2D eigenvalue weighted by molar-refractivity contribution is -0.00151. The molecule has 0 aliphatic carbocycles. The maximum absolute atomic E-state index is 13.7. The van der Waals surface area contributed by atoms with Gasteiger partial charge in [-0.1, -0.05) is 24.3 Å². The molecule has 0 saturated carbocycles. The number of imidazole rings is 2. The van der Waals surface area contributed by atoms with Crippen LogP contribution in [0.5, 0.6) is 0 Å². The van der Waals surface area contributed by atoms with E-state index in [1.165, 1.54) is 82.7 Å². The summed E-state index contributed by atoms with van der Waals surface area (Å²) in [5, 5.41) is -0.364. The molecule has 0 amide bonds. The molecule has 244 valence electrons. The first-order valence-electron chi connectivity index (χ1n) is 14.2. The van der Waals surface area contributed by atoms with Crippen molar-refractivity contribution in [2.24, 2.45) is 14.1 Å². The third-order valence-electron chi connectivity index (χ3n) is 8.13. The van der Waals surface area contributed by atoms with Crippen LogP contribution in [0.4, 0.5) is 13.6 Å². The van der Waals surface area contributed by atoms with E-state index >= 15 is 0 Å². The quantitative estimate of drug-likeness (QED) is 0.257. The molecule has 0 bridgehead atoms. The lowest BCUT2D eigenvalue weighted by atomic mass is 9.96. The van der Waals surface area contributed by atoms with Gasteiger partial charge in [-0.3, -0.25) is 0 Å². The van der Waals surface area contributed by atoms with Gasteiger partial charge in [-0.15, -0.1) is 0 Å². The van der Waals surface area contributed by atoms with Gasteiger partial charge in [-0.05, 0) is 35.4 Å². The van der Waals surface area contributed by atoms with Crippen molar-refractivity contribution in [3.8, 4) is 0 Å². The van der Waals surface area contributed by atoms with Crippen molar-refractivity contribution in [1.29, 1.82) is 0 Å². The van der Waals surface area contributed by atoms with Gasteiger partial charge in [-0.25, -0.2) is 40.4 Å². The second kappa shape index (κ2) is 12.2. The van der Waals surface area contributed by atoms with Crippen molar-refractivity contribution in [3.63, 3.8) is 0 Å². The number of hydrogen-bond donors (Lipinski definition) is 0. The van der Waals surface area contributed by atoms with Crippen molar-refractivity contribution in [2.75, 3.05) is 26.2 Å². The van der Waals surface area contributed by atoms with Gasteiger partial charge in [0.15, 0.2) is 10.1 Å². The molecular formula is C29H30F2N6O7S2. The standard InChI is InChI=1S/C29H30F2N6O7S2/c1-34-15-27(32-17-34)45(39,40)36-11-23(19-3-7-21(30)8-4-19)25(13-36)43-29(38)44-26-14-37(46(41,42)28-16-35(2)18-33-28)12-24(26)20-5-9-22(31)10-6-20/h3-10,15-18,23-26H,11-14H2,1-2H3/t23-,24-,25+,26+/m0/s1. The van der Waals surface area contributed by atoms with Gasteiger partial charge >= 0.3 is 6.16 Å². The Balaban J connectivity index is 1.24. The molecule has 0 radical (unpaired) electrons. The molecule has 0 spiro atoms. The van der Waals surface area contributed by atoms with Crippen LogP contribution in [0.2, 0.25) is 0 Å². The first-order valence-corrected chi connectivity index (χ1v) is 17.0. The molecule has 2 aliphatic heterocycles. The van der Waals surface area contributed by atoms with Crippen LogP contribution in [0.25, 0.3) is 0 Å². The fourth-order valence-electron chi connectivity index (χ4n) is 5.75. The summed E-state index contributed by atoms with van der Waals surface area (Å²) in [6.45, 7) is -0.634. The highest BCUT2D eigenvalue weighted by Crippen LogP contribution is 2.36. The van der Waals surface area contributed by atoms with Gasteiger partial charge in [0.2, 0.25) is 0 Å². The Hall–Kier alpha value is -4.19. The molecule has 4 aromatic rings. The van der Waals surface area contributed by atoms with E-state index in [-0.39, 0.29) is 36.2 Å². The summed E-state index contributed by atoms with van der Waals surface area (Å²) in [6, 6.07) is 10.8. The maximum atomic E-state index is 13.7. The van der Waals surface area contributed by atoms with Gasteiger partial charge < -0.3 is 18.6 Å². The number of carbonyl (C=O) groups is 1. The zero-order valence-corrected chi connectivity index (χ0v) is 26.3. The zero-order chi connectivity index (χ0) is 32.8. The molecule has 2 aromatic carbocycles. The van der Waals surface area contributed by atoms with Crippen molar-refractivity contribution >= 4 is 26.2 Å². The highest BCUT2D eigenvalue weighted by atomic mass is 32.2. The van der Waals surface area contributed by atoms with Crippen molar-refractivity contribution in [1.82, 2.24) is 27.7 Å². The van der Waals surface area contributed by atoms with E-state index < -0.39 is 61.9 Å².